The monoisotopic (exact) mass is 402 g/mol. The van der Waals surface area contributed by atoms with Crippen LogP contribution in [-0.2, 0) is 6.54 Å². The first-order valence-electron chi connectivity index (χ1n) is 10.2. The molecule has 4 nitrogen and oxygen atoms in total. The lowest BCUT2D eigenvalue weighted by Gasteiger charge is -2.50. The number of aromatic hydroxyl groups is 1. The van der Waals surface area contributed by atoms with Crippen LogP contribution in [0, 0.1) is 5.92 Å². The number of piperidine rings is 1. The summed E-state index contributed by atoms with van der Waals surface area (Å²) < 4.78 is 5.37. The van der Waals surface area contributed by atoms with Gasteiger partial charge in [-0.3, -0.25) is 0 Å². The minimum atomic E-state index is -0.599. The molecule has 2 fully saturated rings. The van der Waals surface area contributed by atoms with Gasteiger partial charge in [0.15, 0.2) is 11.5 Å². The standard InChI is InChI=1S/C23H28ClNO3/c1-28-21-14-16(9-10-20(21)26)22-18-7-4-5-11-23(18,27)12-13-25(22)15-17-6-2-3-8-19(17)24/h2-3,6,8-10,14,18,22,26-27H,4-5,7,11-13,15H2,1H3/p+1/t18-,22-,23-/m0/s1. The van der Waals surface area contributed by atoms with E-state index in [1.54, 1.807) is 13.2 Å². The fraction of sp³-hybridized carbons (Fsp3) is 0.478. The normalized spacial score (nSPS) is 29.9. The van der Waals surface area contributed by atoms with E-state index in [1.807, 2.05) is 30.3 Å². The van der Waals surface area contributed by atoms with E-state index >= 15 is 0 Å². The molecular weight excluding hydrogens is 374 g/mol. The quantitative estimate of drug-likeness (QED) is 0.733. The molecule has 1 aliphatic heterocycles. The molecule has 5 heteroatoms. The maximum Gasteiger partial charge on any atom is 0.160 e. The molecule has 0 radical (unpaired) electrons. The summed E-state index contributed by atoms with van der Waals surface area (Å²) in [5, 5.41) is 22.3. The summed E-state index contributed by atoms with van der Waals surface area (Å²) in [6.45, 7) is 1.71. The summed E-state index contributed by atoms with van der Waals surface area (Å²) in [5.74, 6) is 0.829. The SMILES string of the molecule is COc1cc([C@H]2[C@@H]3CCCC[C@]3(O)CC[NH+]2Cc2ccccc2Cl)ccc1O. The van der Waals surface area contributed by atoms with E-state index in [1.165, 1.54) is 4.90 Å². The number of benzene rings is 2. The number of hydrogen-bond acceptors (Lipinski definition) is 3. The molecule has 1 unspecified atom stereocenters. The summed E-state index contributed by atoms with van der Waals surface area (Å²) in [6, 6.07) is 13.8. The lowest BCUT2D eigenvalue weighted by molar-refractivity contribution is -0.958. The maximum absolute atomic E-state index is 11.4. The van der Waals surface area contributed by atoms with Crippen LogP contribution in [0.2, 0.25) is 5.02 Å². The molecular formula is C23H29ClNO3+. The van der Waals surface area contributed by atoms with Crippen LogP contribution in [0.1, 0.15) is 49.3 Å². The Morgan fingerprint density at radius 2 is 2.00 bits per heavy atom. The van der Waals surface area contributed by atoms with Crippen molar-refractivity contribution in [3.05, 3.63) is 58.6 Å². The van der Waals surface area contributed by atoms with Crippen LogP contribution in [0.25, 0.3) is 0 Å². The molecule has 0 aromatic heterocycles. The molecule has 0 amide bonds. The predicted molar refractivity (Wildman–Crippen MR) is 110 cm³/mol. The third-order valence-corrected chi connectivity index (χ3v) is 7.09. The number of fused-ring (bicyclic) bond motifs is 1. The second kappa shape index (κ2) is 7.94. The lowest BCUT2D eigenvalue weighted by atomic mass is 9.66. The van der Waals surface area contributed by atoms with Gasteiger partial charge in [-0.25, -0.2) is 0 Å². The number of methoxy groups -OCH3 is 1. The van der Waals surface area contributed by atoms with Crippen LogP contribution >= 0.6 is 11.6 Å². The molecule has 0 bridgehead atoms. The van der Waals surface area contributed by atoms with Gasteiger partial charge in [0.1, 0.15) is 12.6 Å². The second-order valence-electron chi connectivity index (χ2n) is 8.29. The number of quaternary nitrogens is 1. The van der Waals surface area contributed by atoms with E-state index in [-0.39, 0.29) is 17.7 Å². The van der Waals surface area contributed by atoms with Crippen LogP contribution in [0.5, 0.6) is 11.5 Å². The largest absolute Gasteiger partial charge is 0.504 e. The average Bonchev–Trinajstić information content (AvgIpc) is 2.70. The summed E-state index contributed by atoms with van der Waals surface area (Å²) in [4.78, 5) is 1.41. The number of aliphatic hydroxyl groups is 1. The van der Waals surface area contributed by atoms with E-state index in [4.69, 9.17) is 16.3 Å². The van der Waals surface area contributed by atoms with Crippen molar-refractivity contribution in [2.75, 3.05) is 13.7 Å². The molecule has 4 rings (SSSR count). The molecule has 2 aromatic rings. The van der Waals surface area contributed by atoms with Crippen molar-refractivity contribution in [2.24, 2.45) is 5.92 Å². The maximum atomic E-state index is 11.4. The Kier molecular flexibility index (Phi) is 5.55. The van der Waals surface area contributed by atoms with Gasteiger partial charge in [-0.05, 0) is 37.1 Å². The first-order chi connectivity index (χ1) is 13.5. The number of phenolic OH excluding ortho intramolecular Hbond substituents is 1. The number of rotatable bonds is 4. The van der Waals surface area contributed by atoms with Crippen molar-refractivity contribution in [1.82, 2.24) is 0 Å². The van der Waals surface area contributed by atoms with E-state index < -0.39 is 5.60 Å². The Morgan fingerprint density at radius 1 is 1.18 bits per heavy atom. The Morgan fingerprint density at radius 3 is 2.79 bits per heavy atom. The first-order valence-corrected chi connectivity index (χ1v) is 10.6. The number of ether oxygens (including phenoxy) is 1. The van der Waals surface area contributed by atoms with E-state index in [0.29, 0.717) is 5.75 Å². The van der Waals surface area contributed by atoms with E-state index in [9.17, 15) is 10.2 Å². The number of halogens is 1. The minimum absolute atomic E-state index is 0.143. The zero-order valence-corrected chi connectivity index (χ0v) is 17.1. The Balaban J connectivity index is 1.73. The van der Waals surface area contributed by atoms with Crippen molar-refractivity contribution in [3.63, 3.8) is 0 Å². The number of likely N-dealkylation sites (tertiary alicyclic amines) is 1. The highest BCUT2D eigenvalue weighted by atomic mass is 35.5. The van der Waals surface area contributed by atoms with Gasteiger partial charge in [0, 0.05) is 28.5 Å². The number of phenols is 1. The van der Waals surface area contributed by atoms with Crippen molar-refractivity contribution >= 4 is 11.6 Å². The summed E-state index contributed by atoms with van der Waals surface area (Å²) in [6.07, 6.45) is 4.97. The molecule has 0 spiro atoms. The van der Waals surface area contributed by atoms with Gasteiger partial charge < -0.3 is 19.8 Å². The molecule has 1 aliphatic carbocycles. The molecule has 1 heterocycles. The topological polar surface area (TPSA) is 54.1 Å². The first kappa shape index (κ1) is 19.6. The highest BCUT2D eigenvalue weighted by molar-refractivity contribution is 6.31. The zero-order valence-electron chi connectivity index (χ0n) is 16.3. The van der Waals surface area contributed by atoms with Crippen LogP contribution in [-0.4, -0.2) is 29.5 Å². The summed E-state index contributed by atoms with van der Waals surface area (Å²) in [7, 11) is 1.57. The van der Waals surface area contributed by atoms with Crippen LogP contribution < -0.4 is 9.64 Å². The molecule has 1 saturated carbocycles. The van der Waals surface area contributed by atoms with Gasteiger partial charge in [-0.2, -0.15) is 0 Å². The van der Waals surface area contributed by atoms with Gasteiger partial charge in [0.2, 0.25) is 0 Å². The van der Waals surface area contributed by atoms with E-state index in [2.05, 4.69) is 6.07 Å². The smallest absolute Gasteiger partial charge is 0.160 e. The minimum Gasteiger partial charge on any atom is -0.504 e. The van der Waals surface area contributed by atoms with Crippen LogP contribution in [0.3, 0.4) is 0 Å². The van der Waals surface area contributed by atoms with Gasteiger partial charge in [-0.15, -0.1) is 0 Å². The highest BCUT2D eigenvalue weighted by Crippen LogP contribution is 2.45. The van der Waals surface area contributed by atoms with E-state index in [0.717, 1.165) is 61.3 Å². The molecule has 2 aliphatic rings. The van der Waals surface area contributed by atoms with Crippen LogP contribution in [0.4, 0.5) is 0 Å². The van der Waals surface area contributed by atoms with Gasteiger partial charge >= 0.3 is 0 Å². The van der Waals surface area contributed by atoms with Gasteiger partial charge in [0.05, 0.1) is 19.3 Å². The van der Waals surface area contributed by atoms with Crippen molar-refractivity contribution in [2.45, 2.75) is 50.3 Å². The second-order valence-corrected chi connectivity index (χ2v) is 8.70. The molecule has 1 saturated heterocycles. The van der Waals surface area contributed by atoms with Crippen molar-refractivity contribution in [1.29, 1.82) is 0 Å². The summed E-state index contributed by atoms with van der Waals surface area (Å²) in [5.41, 5.74) is 1.65. The van der Waals surface area contributed by atoms with Crippen molar-refractivity contribution in [3.8, 4) is 11.5 Å². The fourth-order valence-corrected chi connectivity index (χ4v) is 5.50. The van der Waals surface area contributed by atoms with Crippen molar-refractivity contribution < 1.29 is 19.8 Å². The molecule has 4 atom stereocenters. The van der Waals surface area contributed by atoms with Gasteiger partial charge in [-0.1, -0.05) is 42.6 Å². The average molecular weight is 403 g/mol. The molecule has 3 N–H and O–H groups in total. The third-order valence-electron chi connectivity index (χ3n) is 6.72. The van der Waals surface area contributed by atoms with Gasteiger partial charge in [0.25, 0.3) is 0 Å². The predicted octanol–water partition coefficient (Wildman–Crippen LogP) is 3.51. The number of nitrogens with one attached hydrogen (secondary N) is 1. The third kappa shape index (κ3) is 3.61. The Labute approximate surface area is 171 Å². The highest BCUT2D eigenvalue weighted by Gasteiger charge is 2.51. The Hall–Kier alpha value is -1.75. The molecule has 150 valence electrons. The molecule has 2 aromatic carbocycles. The summed E-state index contributed by atoms with van der Waals surface area (Å²) >= 11 is 6.45. The number of hydrogen-bond donors (Lipinski definition) is 3. The Bertz CT molecular complexity index is 842. The van der Waals surface area contributed by atoms with Crippen LogP contribution in [0.15, 0.2) is 42.5 Å². The molecule has 28 heavy (non-hydrogen) atoms. The zero-order chi connectivity index (χ0) is 19.7. The lowest BCUT2D eigenvalue weighted by Crippen LogP contribution is -3.13. The fourth-order valence-electron chi connectivity index (χ4n) is 5.29.